The van der Waals surface area contributed by atoms with E-state index < -0.39 is 6.04 Å². The molecule has 1 unspecified atom stereocenters. The molecule has 1 fully saturated rings. The number of nitriles is 1. The summed E-state index contributed by atoms with van der Waals surface area (Å²) in [6.45, 7) is 4.92. The lowest BCUT2D eigenvalue weighted by Crippen LogP contribution is -2.48. The second-order valence-electron chi connectivity index (χ2n) is 6.62. The topological polar surface area (TPSA) is 92.6 Å². The zero-order valence-electron chi connectivity index (χ0n) is 15.6. The molecule has 1 aliphatic rings. The highest BCUT2D eigenvalue weighted by atomic mass is 16.2. The maximum absolute atomic E-state index is 12.2. The van der Waals surface area contributed by atoms with Crippen molar-refractivity contribution in [3.8, 4) is 6.07 Å². The monoisotopic (exact) mass is 358 g/mol. The smallest absolute Gasteiger partial charge is 0.244 e. The summed E-state index contributed by atoms with van der Waals surface area (Å²) in [5.74, 6) is 0.419. The van der Waals surface area contributed by atoms with Crippen molar-refractivity contribution in [1.82, 2.24) is 20.1 Å². The van der Waals surface area contributed by atoms with Crippen molar-refractivity contribution in [3.05, 3.63) is 23.9 Å². The van der Waals surface area contributed by atoms with E-state index in [0.29, 0.717) is 24.5 Å². The number of nitrogens with one attached hydrogen (secondary N) is 1. The number of aromatic nitrogens is 1. The molecule has 2 amide bonds. The standard InChI is InChI=1S/C18H26N6O2/c1-14(18(26)22(2)3)21-16(25)13-23-8-5-9-24(11-10-23)17-15(12-19)6-4-7-20-17/h4,6-7,14H,5,8-11,13H2,1-3H3,(H,21,25). The van der Waals surface area contributed by atoms with Gasteiger partial charge in [-0.1, -0.05) is 0 Å². The number of likely N-dealkylation sites (N-methyl/N-ethyl adjacent to an activating group) is 1. The van der Waals surface area contributed by atoms with E-state index in [-0.39, 0.29) is 18.4 Å². The van der Waals surface area contributed by atoms with Crippen LogP contribution in [-0.4, -0.2) is 79.5 Å². The summed E-state index contributed by atoms with van der Waals surface area (Å²) < 4.78 is 0. The Morgan fingerprint density at radius 2 is 2.12 bits per heavy atom. The quantitative estimate of drug-likeness (QED) is 0.800. The van der Waals surface area contributed by atoms with Gasteiger partial charge in [-0.3, -0.25) is 14.5 Å². The maximum atomic E-state index is 12.2. The van der Waals surface area contributed by atoms with Gasteiger partial charge in [0.05, 0.1) is 12.1 Å². The number of anilines is 1. The van der Waals surface area contributed by atoms with Crippen molar-refractivity contribution >= 4 is 17.6 Å². The minimum absolute atomic E-state index is 0.125. The fraction of sp³-hybridized carbons (Fsp3) is 0.556. The Bertz CT molecular complexity index is 685. The molecular formula is C18H26N6O2. The van der Waals surface area contributed by atoms with Crippen LogP contribution in [0.5, 0.6) is 0 Å². The number of carbonyl (C=O) groups excluding carboxylic acids is 2. The first kappa shape index (κ1) is 19.7. The van der Waals surface area contributed by atoms with Crippen LogP contribution in [0.25, 0.3) is 0 Å². The van der Waals surface area contributed by atoms with E-state index in [0.717, 1.165) is 19.5 Å². The van der Waals surface area contributed by atoms with Gasteiger partial charge in [0.1, 0.15) is 17.9 Å². The van der Waals surface area contributed by atoms with E-state index in [1.807, 2.05) is 0 Å². The Morgan fingerprint density at radius 1 is 1.35 bits per heavy atom. The van der Waals surface area contributed by atoms with Crippen molar-refractivity contribution in [2.45, 2.75) is 19.4 Å². The van der Waals surface area contributed by atoms with E-state index in [9.17, 15) is 14.9 Å². The van der Waals surface area contributed by atoms with Gasteiger partial charge >= 0.3 is 0 Å². The molecule has 0 radical (unpaired) electrons. The number of hydrogen-bond donors (Lipinski definition) is 1. The van der Waals surface area contributed by atoms with Crippen LogP contribution >= 0.6 is 0 Å². The molecule has 0 saturated carbocycles. The number of pyridine rings is 1. The lowest BCUT2D eigenvalue weighted by Gasteiger charge is -2.24. The molecule has 1 N–H and O–H groups in total. The highest BCUT2D eigenvalue weighted by molar-refractivity contribution is 5.87. The lowest BCUT2D eigenvalue weighted by atomic mass is 10.2. The molecule has 8 nitrogen and oxygen atoms in total. The third kappa shape index (κ3) is 5.17. The van der Waals surface area contributed by atoms with E-state index >= 15 is 0 Å². The Morgan fingerprint density at radius 3 is 2.81 bits per heavy atom. The molecule has 140 valence electrons. The van der Waals surface area contributed by atoms with E-state index in [1.54, 1.807) is 39.3 Å². The Labute approximate surface area is 154 Å². The molecule has 1 aliphatic heterocycles. The third-order valence-electron chi connectivity index (χ3n) is 4.35. The number of carbonyl (C=O) groups is 2. The molecule has 1 atom stereocenters. The minimum Gasteiger partial charge on any atom is -0.354 e. The summed E-state index contributed by atoms with van der Waals surface area (Å²) in [4.78, 5) is 34.0. The summed E-state index contributed by atoms with van der Waals surface area (Å²) in [5.41, 5.74) is 0.565. The van der Waals surface area contributed by atoms with Crippen LogP contribution in [0.3, 0.4) is 0 Å². The van der Waals surface area contributed by atoms with Gasteiger partial charge in [-0.25, -0.2) is 4.98 Å². The summed E-state index contributed by atoms with van der Waals surface area (Å²) in [7, 11) is 3.34. The van der Waals surface area contributed by atoms with E-state index in [1.165, 1.54) is 4.90 Å². The van der Waals surface area contributed by atoms with Crippen LogP contribution in [0.4, 0.5) is 5.82 Å². The predicted molar refractivity (Wildman–Crippen MR) is 98.5 cm³/mol. The first-order chi connectivity index (χ1) is 12.4. The Hall–Kier alpha value is -2.66. The van der Waals surface area contributed by atoms with Gasteiger partial charge in [-0.15, -0.1) is 0 Å². The van der Waals surface area contributed by atoms with E-state index in [4.69, 9.17) is 0 Å². The van der Waals surface area contributed by atoms with Crippen LogP contribution in [0, 0.1) is 11.3 Å². The molecule has 2 heterocycles. The van der Waals surface area contributed by atoms with Crippen LogP contribution in [-0.2, 0) is 9.59 Å². The summed E-state index contributed by atoms with van der Waals surface area (Å²) in [6, 6.07) is 5.17. The molecule has 2 rings (SSSR count). The fourth-order valence-electron chi connectivity index (χ4n) is 3.02. The highest BCUT2D eigenvalue weighted by Crippen LogP contribution is 2.18. The first-order valence-corrected chi connectivity index (χ1v) is 8.75. The van der Waals surface area contributed by atoms with E-state index in [2.05, 4.69) is 26.2 Å². The molecule has 0 bridgehead atoms. The van der Waals surface area contributed by atoms with Crippen LogP contribution in [0.2, 0.25) is 0 Å². The number of rotatable bonds is 5. The van der Waals surface area contributed by atoms with Crippen LogP contribution in [0.1, 0.15) is 18.9 Å². The van der Waals surface area contributed by atoms with Gasteiger partial charge in [0, 0.05) is 46.5 Å². The molecule has 0 aliphatic carbocycles. The van der Waals surface area contributed by atoms with Crippen molar-refractivity contribution in [1.29, 1.82) is 5.26 Å². The normalized spacial score (nSPS) is 16.3. The maximum Gasteiger partial charge on any atom is 0.244 e. The van der Waals surface area contributed by atoms with Crippen molar-refractivity contribution in [3.63, 3.8) is 0 Å². The largest absolute Gasteiger partial charge is 0.354 e. The molecule has 0 aromatic carbocycles. The Balaban J connectivity index is 1.89. The van der Waals surface area contributed by atoms with Gasteiger partial charge in [0.2, 0.25) is 11.8 Å². The predicted octanol–water partition coefficient (Wildman–Crippen LogP) is 0.0583. The summed E-state index contributed by atoms with van der Waals surface area (Å²) >= 11 is 0. The van der Waals surface area contributed by atoms with Crippen molar-refractivity contribution < 1.29 is 9.59 Å². The molecule has 8 heteroatoms. The second kappa shape index (κ2) is 9.15. The molecule has 1 aromatic rings. The van der Waals surface area contributed by atoms with Gasteiger partial charge in [0.15, 0.2) is 0 Å². The molecule has 1 saturated heterocycles. The van der Waals surface area contributed by atoms with Crippen molar-refractivity contribution in [2.75, 3.05) is 51.7 Å². The van der Waals surface area contributed by atoms with Gasteiger partial charge in [0.25, 0.3) is 0 Å². The Kier molecular flexibility index (Phi) is 6.92. The number of nitrogens with zero attached hydrogens (tertiary/aromatic N) is 5. The van der Waals surface area contributed by atoms with Crippen LogP contribution in [0.15, 0.2) is 18.3 Å². The first-order valence-electron chi connectivity index (χ1n) is 8.75. The van der Waals surface area contributed by atoms with Crippen LogP contribution < -0.4 is 10.2 Å². The third-order valence-corrected chi connectivity index (χ3v) is 4.35. The average Bonchev–Trinajstić information content (AvgIpc) is 2.86. The zero-order chi connectivity index (χ0) is 19.1. The SMILES string of the molecule is CC(NC(=O)CN1CCCN(c2ncccc2C#N)CC1)C(=O)N(C)C. The van der Waals surface area contributed by atoms with Gasteiger partial charge in [-0.2, -0.15) is 5.26 Å². The second-order valence-corrected chi connectivity index (χ2v) is 6.62. The van der Waals surface area contributed by atoms with Gasteiger partial charge < -0.3 is 15.1 Å². The molecular weight excluding hydrogens is 332 g/mol. The number of hydrogen-bond acceptors (Lipinski definition) is 6. The van der Waals surface area contributed by atoms with Crippen molar-refractivity contribution in [2.24, 2.45) is 0 Å². The molecule has 0 spiro atoms. The molecule has 1 aromatic heterocycles. The van der Waals surface area contributed by atoms with Gasteiger partial charge in [-0.05, 0) is 25.5 Å². The lowest BCUT2D eigenvalue weighted by molar-refractivity contribution is -0.134. The highest BCUT2D eigenvalue weighted by Gasteiger charge is 2.22. The zero-order valence-corrected chi connectivity index (χ0v) is 15.6. The summed E-state index contributed by atoms with van der Waals surface area (Å²) in [5, 5.41) is 12.0. The minimum atomic E-state index is -0.535. The summed E-state index contributed by atoms with van der Waals surface area (Å²) in [6.07, 6.45) is 2.57. The fourth-order valence-corrected chi connectivity index (χ4v) is 3.02. The number of amides is 2. The average molecular weight is 358 g/mol. The molecule has 26 heavy (non-hydrogen) atoms.